The molecule has 2 aliphatic heterocycles. The molecule has 0 aliphatic carbocycles. The van der Waals surface area contributed by atoms with Gasteiger partial charge in [0.05, 0.1) is 11.4 Å². The number of sulfonamides is 1. The molecule has 0 spiro atoms. The Morgan fingerprint density at radius 1 is 1.30 bits per heavy atom. The van der Waals surface area contributed by atoms with E-state index in [1.807, 2.05) is 13.8 Å². The van der Waals surface area contributed by atoms with Crippen molar-refractivity contribution in [3.05, 3.63) is 11.4 Å². The van der Waals surface area contributed by atoms with Crippen LogP contribution in [0.25, 0.3) is 0 Å². The van der Waals surface area contributed by atoms with Gasteiger partial charge in [-0.2, -0.15) is 9.40 Å². The topological polar surface area (TPSA) is 78.1 Å². The summed E-state index contributed by atoms with van der Waals surface area (Å²) in [4.78, 5) is 0.346. The average molecular weight is 298 g/mol. The summed E-state index contributed by atoms with van der Waals surface area (Å²) in [6.07, 6.45) is 0. The van der Waals surface area contributed by atoms with Gasteiger partial charge in [0.25, 0.3) is 0 Å². The van der Waals surface area contributed by atoms with Crippen molar-refractivity contribution in [1.82, 2.24) is 19.8 Å². The lowest BCUT2D eigenvalue weighted by Gasteiger charge is -2.34. The molecule has 0 amide bonds. The number of hydrogen-bond donors (Lipinski definition) is 2. The van der Waals surface area contributed by atoms with Gasteiger partial charge >= 0.3 is 0 Å². The van der Waals surface area contributed by atoms with E-state index >= 15 is 0 Å². The molecule has 7 heteroatoms. The van der Waals surface area contributed by atoms with E-state index in [9.17, 15) is 8.42 Å². The van der Waals surface area contributed by atoms with Crippen LogP contribution in [0, 0.1) is 25.7 Å². The first-order chi connectivity index (χ1) is 9.26. The maximum atomic E-state index is 13.0. The van der Waals surface area contributed by atoms with Crippen molar-refractivity contribution in [3.8, 4) is 0 Å². The van der Waals surface area contributed by atoms with Crippen molar-refractivity contribution >= 4 is 10.0 Å². The number of aryl methyl sites for hydroxylation is 2. The van der Waals surface area contributed by atoms with E-state index in [1.54, 1.807) is 18.2 Å². The van der Waals surface area contributed by atoms with Crippen LogP contribution in [0.3, 0.4) is 0 Å². The van der Waals surface area contributed by atoms with Crippen molar-refractivity contribution in [2.24, 2.45) is 11.8 Å². The molecule has 1 aromatic heterocycles. The van der Waals surface area contributed by atoms with Gasteiger partial charge in [-0.25, -0.2) is 8.42 Å². The predicted molar refractivity (Wildman–Crippen MR) is 75.9 cm³/mol. The van der Waals surface area contributed by atoms with Crippen molar-refractivity contribution in [1.29, 1.82) is 0 Å². The second kappa shape index (κ2) is 4.29. The fourth-order valence-electron chi connectivity index (χ4n) is 3.82. The first-order valence-corrected chi connectivity index (χ1v) is 8.45. The van der Waals surface area contributed by atoms with E-state index in [4.69, 9.17) is 0 Å². The lowest BCUT2D eigenvalue weighted by atomic mass is 9.85. The highest BCUT2D eigenvalue weighted by atomic mass is 32.2. The van der Waals surface area contributed by atoms with Gasteiger partial charge < -0.3 is 5.32 Å². The molecule has 6 nitrogen and oxygen atoms in total. The van der Waals surface area contributed by atoms with E-state index in [-0.39, 0.29) is 5.54 Å². The van der Waals surface area contributed by atoms with E-state index in [0.717, 1.165) is 13.1 Å². The number of hydrogen-bond acceptors (Lipinski definition) is 4. The average Bonchev–Trinajstić information content (AvgIpc) is 2.97. The van der Waals surface area contributed by atoms with Gasteiger partial charge in [-0.1, -0.05) is 0 Å². The van der Waals surface area contributed by atoms with E-state index in [1.165, 1.54) is 0 Å². The molecule has 2 saturated heterocycles. The largest absolute Gasteiger partial charge is 0.316 e. The van der Waals surface area contributed by atoms with Gasteiger partial charge in [0.2, 0.25) is 10.0 Å². The second-order valence-corrected chi connectivity index (χ2v) is 8.28. The van der Waals surface area contributed by atoms with Crippen LogP contribution in [0.2, 0.25) is 0 Å². The van der Waals surface area contributed by atoms with Crippen LogP contribution in [-0.2, 0) is 10.0 Å². The Kier molecular flexibility index (Phi) is 3.01. The monoisotopic (exact) mass is 298 g/mol. The maximum absolute atomic E-state index is 13.0. The van der Waals surface area contributed by atoms with E-state index in [2.05, 4.69) is 15.5 Å². The van der Waals surface area contributed by atoms with Gasteiger partial charge in [0.15, 0.2) is 0 Å². The van der Waals surface area contributed by atoms with Crippen LogP contribution in [0.15, 0.2) is 4.90 Å². The quantitative estimate of drug-likeness (QED) is 0.840. The molecule has 2 N–H and O–H groups in total. The van der Waals surface area contributed by atoms with Gasteiger partial charge in [0, 0.05) is 18.6 Å². The van der Waals surface area contributed by atoms with Gasteiger partial charge in [-0.3, -0.25) is 5.10 Å². The van der Waals surface area contributed by atoms with Gasteiger partial charge in [0.1, 0.15) is 4.90 Å². The molecule has 3 heterocycles. The third kappa shape index (κ3) is 1.76. The molecule has 2 unspecified atom stereocenters. The Hall–Kier alpha value is -0.920. The van der Waals surface area contributed by atoms with Crippen molar-refractivity contribution in [2.45, 2.75) is 38.1 Å². The highest BCUT2D eigenvalue weighted by Crippen LogP contribution is 2.44. The molecule has 2 aliphatic rings. The Bertz CT molecular complexity index is 615. The maximum Gasteiger partial charge on any atom is 0.247 e. The SMILES string of the molecule is Cc1n[nH]c(C)c1S(=O)(=O)N1CC2CNCC2C1(C)C. The van der Waals surface area contributed by atoms with Gasteiger partial charge in [-0.15, -0.1) is 0 Å². The Morgan fingerprint density at radius 2 is 2.00 bits per heavy atom. The summed E-state index contributed by atoms with van der Waals surface area (Å²) in [6, 6.07) is 0. The summed E-state index contributed by atoms with van der Waals surface area (Å²) < 4.78 is 27.7. The predicted octanol–water partition coefficient (Wildman–Crippen LogP) is 0.645. The van der Waals surface area contributed by atoms with Crippen molar-refractivity contribution in [3.63, 3.8) is 0 Å². The highest BCUT2D eigenvalue weighted by Gasteiger charge is 2.54. The number of nitrogens with zero attached hydrogens (tertiary/aromatic N) is 2. The number of nitrogens with one attached hydrogen (secondary N) is 2. The molecule has 0 saturated carbocycles. The fraction of sp³-hybridized carbons (Fsp3) is 0.769. The summed E-state index contributed by atoms with van der Waals surface area (Å²) in [5, 5.41) is 10.2. The van der Waals surface area contributed by atoms with Crippen LogP contribution < -0.4 is 5.32 Å². The lowest BCUT2D eigenvalue weighted by Crippen LogP contribution is -2.47. The minimum Gasteiger partial charge on any atom is -0.316 e. The smallest absolute Gasteiger partial charge is 0.247 e. The van der Waals surface area contributed by atoms with Crippen molar-refractivity contribution in [2.75, 3.05) is 19.6 Å². The first-order valence-electron chi connectivity index (χ1n) is 7.01. The van der Waals surface area contributed by atoms with Crippen molar-refractivity contribution < 1.29 is 8.42 Å². The van der Waals surface area contributed by atoms with Crippen LogP contribution in [0.1, 0.15) is 25.2 Å². The number of rotatable bonds is 2. The molecule has 0 radical (unpaired) electrons. The highest BCUT2D eigenvalue weighted by molar-refractivity contribution is 7.89. The molecule has 112 valence electrons. The minimum atomic E-state index is -3.49. The minimum absolute atomic E-state index is 0.346. The summed E-state index contributed by atoms with van der Waals surface area (Å²) in [7, 11) is -3.49. The fourth-order valence-corrected chi connectivity index (χ4v) is 6.04. The Labute approximate surface area is 120 Å². The third-order valence-electron chi connectivity index (χ3n) is 4.90. The summed E-state index contributed by atoms with van der Waals surface area (Å²) in [5.41, 5.74) is 0.811. The zero-order chi connectivity index (χ0) is 14.7. The zero-order valence-electron chi connectivity index (χ0n) is 12.4. The number of aromatic nitrogens is 2. The molecule has 2 fully saturated rings. The zero-order valence-corrected chi connectivity index (χ0v) is 13.2. The standard InChI is InChI=1S/C13H22N4O2S/c1-8-12(9(2)16-15-8)20(18,19)17-7-10-5-14-6-11(10)13(17,3)4/h10-11,14H,5-7H2,1-4H3,(H,15,16). The number of aromatic amines is 1. The summed E-state index contributed by atoms with van der Waals surface area (Å²) in [5.74, 6) is 0.789. The third-order valence-corrected chi connectivity index (χ3v) is 7.22. The summed E-state index contributed by atoms with van der Waals surface area (Å²) >= 11 is 0. The lowest BCUT2D eigenvalue weighted by molar-refractivity contribution is 0.233. The first kappa shape index (κ1) is 14.0. The molecule has 2 atom stereocenters. The van der Waals surface area contributed by atoms with Crippen LogP contribution in [-0.4, -0.2) is 48.1 Å². The van der Waals surface area contributed by atoms with Gasteiger partial charge in [-0.05, 0) is 46.1 Å². The van der Waals surface area contributed by atoms with E-state index in [0.29, 0.717) is 34.7 Å². The molecular formula is C13H22N4O2S. The molecule has 0 bridgehead atoms. The Morgan fingerprint density at radius 3 is 2.55 bits per heavy atom. The normalized spacial score (nSPS) is 29.8. The van der Waals surface area contributed by atoms with E-state index < -0.39 is 10.0 Å². The Balaban J connectivity index is 2.05. The molecule has 0 aromatic carbocycles. The molecule has 1 aromatic rings. The molecule has 20 heavy (non-hydrogen) atoms. The second-order valence-electron chi connectivity index (χ2n) is 6.48. The van der Waals surface area contributed by atoms with Crippen LogP contribution >= 0.6 is 0 Å². The summed E-state index contributed by atoms with van der Waals surface area (Å²) in [6.45, 7) is 9.97. The van der Waals surface area contributed by atoms with Crippen LogP contribution in [0.4, 0.5) is 0 Å². The number of H-pyrrole nitrogens is 1. The number of fused-ring (bicyclic) bond motifs is 1. The molecular weight excluding hydrogens is 276 g/mol. The molecule has 3 rings (SSSR count). The van der Waals surface area contributed by atoms with Crippen LogP contribution in [0.5, 0.6) is 0 Å².